The van der Waals surface area contributed by atoms with Gasteiger partial charge in [0.05, 0.1) is 6.10 Å². The Morgan fingerprint density at radius 3 is 2.65 bits per heavy atom. The van der Waals surface area contributed by atoms with Gasteiger partial charge >= 0.3 is 0 Å². The van der Waals surface area contributed by atoms with Crippen molar-refractivity contribution in [1.29, 1.82) is 0 Å². The molecule has 0 bridgehead atoms. The highest BCUT2D eigenvalue weighted by molar-refractivity contribution is 5.44. The van der Waals surface area contributed by atoms with Crippen molar-refractivity contribution >= 4 is 0 Å². The lowest BCUT2D eigenvalue weighted by molar-refractivity contribution is 0.150. The van der Waals surface area contributed by atoms with Gasteiger partial charge in [0.1, 0.15) is 13.2 Å². The number of benzene rings is 1. The number of hydrogen-bond acceptors (Lipinski definition) is 4. The SMILES string of the molecule is CN(C)CCC(O)c1ccc2c(c1)OCCO2. The molecular weight excluding hydrogens is 218 g/mol. The van der Waals surface area contributed by atoms with Crippen molar-refractivity contribution in [3.05, 3.63) is 23.8 Å². The molecule has 4 heteroatoms. The third-order valence-corrected chi connectivity index (χ3v) is 2.80. The number of fused-ring (bicyclic) bond motifs is 1. The molecule has 1 heterocycles. The molecule has 0 radical (unpaired) electrons. The van der Waals surface area contributed by atoms with Gasteiger partial charge in [-0.2, -0.15) is 0 Å². The van der Waals surface area contributed by atoms with E-state index in [2.05, 4.69) is 4.90 Å². The van der Waals surface area contributed by atoms with E-state index < -0.39 is 6.10 Å². The van der Waals surface area contributed by atoms with Crippen LogP contribution >= 0.6 is 0 Å². The maximum absolute atomic E-state index is 10.0. The predicted molar refractivity (Wildman–Crippen MR) is 65.6 cm³/mol. The Hall–Kier alpha value is -1.26. The fourth-order valence-corrected chi connectivity index (χ4v) is 1.81. The molecule has 0 saturated heterocycles. The summed E-state index contributed by atoms with van der Waals surface area (Å²) in [6.45, 7) is 2.02. The van der Waals surface area contributed by atoms with Crippen molar-refractivity contribution in [1.82, 2.24) is 4.90 Å². The lowest BCUT2D eigenvalue weighted by Crippen LogP contribution is -2.17. The Morgan fingerprint density at radius 1 is 1.24 bits per heavy atom. The molecule has 1 N–H and O–H groups in total. The highest BCUT2D eigenvalue weighted by Crippen LogP contribution is 2.33. The van der Waals surface area contributed by atoms with Gasteiger partial charge in [-0.1, -0.05) is 6.07 Å². The second kappa shape index (κ2) is 5.38. The van der Waals surface area contributed by atoms with Crippen molar-refractivity contribution in [2.24, 2.45) is 0 Å². The van der Waals surface area contributed by atoms with Crippen LogP contribution in [0.25, 0.3) is 0 Å². The Balaban J connectivity index is 2.05. The van der Waals surface area contributed by atoms with Crippen LogP contribution in [0.5, 0.6) is 11.5 Å². The summed E-state index contributed by atoms with van der Waals surface area (Å²) < 4.78 is 10.9. The molecule has 1 unspecified atom stereocenters. The smallest absolute Gasteiger partial charge is 0.161 e. The minimum atomic E-state index is -0.451. The summed E-state index contributed by atoms with van der Waals surface area (Å²) in [7, 11) is 3.99. The molecule has 0 saturated carbocycles. The fraction of sp³-hybridized carbons (Fsp3) is 0.538. The van der Waals surface area contributed by atoms with E-state index in [0.717, 1.165) is 23.6 Å². The predicted octanol–water partition coefficient (Wildman–Crippen LogP) is 1.44. The van der Waals surface area contributed by atoms with E-state index in [1.807, 2.05) is 32.3 Å². The van der Waals surface area contributed by atoms with Crippen molar-refractivity contribution in [3.63, 3.8) is 0 Å². The first-order valence-corrected chi connectivity index (χ1v) is 5.89. The van der Waals surface area contributed by atoms with Crippen LogP contribution in [0, 0.1) is 0 Å². The Morgan fingerprint density at radius 2 is 1.94 bits per heavy atom. The summed E-state index contributed by atoms with van der Waals surface area (Å²) in [5.74, 6) is 1.50. The van der Waals surface area contributed by atoms with E-state index in [-0.39, 0.29) is 0 Å². The van der Waals surface area contributed by atoms with E-state index in [4.69, 9.17) is 9.47 Å². The average molecular weight is 237 g/mol. The van der Waals surface area contributed by atoms with Crippen molar-refractivity contribution in [3.8, 4) is 11.5 Å². The van der Waals surface area contributed by atoms with Crippen LogP contribution in [0.15, 0.2) is 18.2 Å². The quantitative estimate of drug-likeness (QED) is 0.860. The summed E-state index contributed by atoms with van der Waals surface area (Å²) >= 11 is 0. The third-order valence-electron chi connectivity index (χ3n) is 2.80. The van der Waals surface area contributed by atoms with E-state index in [1.165, 1.54) is 0 Å². The molecule has 0 aliphatic carbocycles. The zero-order valence-corrected chi connectivity index (χ0v) is 10.3. The van der Waals surface area contributed by atoms with Gasteiger partial charge in [0.25, 0.3) is 0 Å². The molecule has 0 amide bonds. The zero-order chi connectivity index (χ0) is 12.3. The molecule has 1 aromatic carbocycles. The third kappa shape index (κ3) is 3.11. The van der Waals surface area contributed by atoms with Gasteiger partial charge in [-0.3, -0.25) is 0 Å². The minimum absolute atomic E-state index is 0.451. The Labute approximate surface area is 102 Å². The molecule has 0 aromatic heterocycles. The summed E-state index contributed by atoms with van der Waals surface area (Å²) in [6.07, 6.45) is 0.264. The van der Waals surface area contributed by atoms with E-state index >= 15 is 0 Å². The standard InChI is InChI=1S/C13H19NO3/c1-14(2)6-5-11(15)10-3-4-12-13(9-10)17-8-7-16-12/h3-4,9,11,15H,5-8H2,1-2H3. The van der Waals surface area contributed by atoms with Crippen LogP contribution in [0.4, 0.5) is 0 Å². The number of aliphatic hydroxyl groups excluding tert-OH is 1. The van der Waals surface area contributed by atoms with Gasteiger partial charge in [0.2, 0.25) is 0 Å². The van der Waals surface area contributed by atoms with Gasteiger partial charge in [-0.15, -0.1) is 0 Å². The summed E-state index contributed by atoms with van der Waals surface area (Å²) in [5, 5.41) is 10.0. The molecule has 17 heavy (non-hydrogen) atoms. The molecule has 4 nitrogen and oxygen atoms in total. The van der Waals surface area contributed by atoms with Gasteiger partial charge in [-0.05, 0) is 38.2 Å². The molecule has 1 aliphatic heterocycles. The first-order chi connectivity index (χ1) is 8.16. The van der Waals surface area contributed by atoms with Crippen molar-refractivity contribution < 1.29 is 14.6 Å². The molecular formula is C13H19NO3. The largest absolute Gasteiger partial charge is 0.486 e. The average Bonchev–Trinajstić information content (AvgIpc) is 2.35. The summed E-state index contributed by atoms with van der Waals surface area (Å²) in [6, 6.07) is 5.63. The number of nitrogens with zero attached hydrogens (tertiary/aromatic N) is 1. The first-order valence-electron chi connectivity index (χ1n) is 5.89. The lowest BCUT2D eigenvalue weighted by Gasteiger charge is -2.20. The number of aliphatic hydroxyl groups is 1. The lowest BCUT2D eigenvalue weighted by atomic mass is 10.1. The van der Waals surface area contributed by atoms with E-state index in [9.17, 15) is 5.11 Å². The van der Waals surface area contributed by atoms with Crippen LogP contribution in [0.1, 0.15) is 18.1 Å². The molecule has 1 aliphatic rings. The minimum Gasteiger partial charge on any atom is -0.486 e. The number of hydrogen-bond donors (Lipinski definition) is 1. The van der Waals surface area contributed by atoms with Crippen LogP contribution in [-0.2, 0) is 0 Å². The van der Waals surface area contributed by atoms with Crippen LogP contribution in [0.3, 0.4) is 0 Å². The monoisotopic (exact) mass is 237 g/mol. The normalized spacial score (nSPS) is 16.0. The fourth-order valence-electron chi connectivity index (χ4n) is 1.81. The number of ether oxygens (including phenoxy) is 2. The highest BCUT2D eigenvalue weighted by Gasteiger charge is 2.15. The molecule has 94 valence electrons. The van der Waals surface area contributed by atoms with Gasteiger partial charge in [0.15, 0.2) is 11.5 Å². The van der Waals surface area contributed by atoms with Gasteiger partial charge < -0.3 is 19.5 Å². The first kappa shape index (κ1) is 12.2. The van der Waals surface area contributed by atoms with E-state index in [0.29, 0.717) is 19.6 Å². The molecule has 0 spiro atoms. The topological polar surface area (TPSA) is 41.9 Å². The molecule has 1 aromatic rings. The molecule has 1 atom stereocenters. The van der Waals surface area contributed by atoms with E-state index in [1.54, 1.807) is 0 Å². The Bertz CT molecular complexity index is 379. The van der Waals surface area contributed by atoms with Crippen molar-refractivity contribution in [2.75, 3.05) is 33.9 Å². The summed E-state index contributed by atoms with van der Waals surface area (Å²) in [5.41, 5.74) is 0.885. The second-order valence-electron chi connectivity index (χ2n) is 4.51. The Kier molecular flexibility index (Phi) is 3.86. The van der Waals surface area contributed by atoms with Gasteiger partial charge in [-0.25, -0.2) is 0 Å². The maximum atomic E-state index is 10.0. The van der Waals surface area contributed by atoms with Gasteiger partial charge in [0, 0.05) is 6.54 Å². The van der Waals surface area contributed by atoms with Crippen LogP contribution in [-0.4, -0.2) is 43.9 Å². The van der Waals surface area contributed by atoms with Crippen LogP contribution in [0.2, 0.25) is 0 Å². The number of rotatable bonds is 4. The van der Waals surface area contributed by atoms with Crippen molar-refractivity contribution in [2.45, 2.75) is 12.5 Å². The molecule has 0 fully saturated rings. The zero-order valence-electron chi connectivity index (χ0n) is 10.3. The van der Waals surface area contributed by atoms with Crippen LogP contribution < -0.4 is 9.47 Å². The highest BCUT2D eigenvalue weighted by atomic mass is 16.6. The second-order valence-corrected chi connectivity index (χ2v) is 4.51. The summed E-state index contributed by atoms with van der Waals surface area (Å²) in [4.78, 5) is 2.06. The molecule has 2 rings (SSSR count). The maximum Gasteiger partial charge on any atom is 0.161 e.